The van der Waals surface area contributed by atoms with Crippen molar-refractivity contribution in [1.82, 2.24) is 15.5 Å². The molecule has 1 aliphatic carbocycles. The van der Waals surface area contributed by atoms with Gasteiger partial charge in [-0.05, 0) is 50.1 Å². The SMILES string of the molecule is CC(C)CC(OC(=O)NCc1ccccc1)C(=O)N(C1CCNC1)C1CCCC(C#N)C1. The van der Waals surface area contributed by atoms with Crippen molar-refractivity contribution < 1.29 is 14.3 Å². The fourth-order valence-electron chi connectivity index (χ4n) is 4.80. The van der Waals surface area contributed by atoms with Crippen molar-refractivity contribution in [2.75, 3.05) is 13.1 Å². The molecule has 4 unspecified atom stereocenters. The maximum Gasteiger partial charge on any atom is 0.408 e. The van der Waals surface area contributed by atoms with Crippen LogP contribution in [0.3, 0.4) is 0 Å². The highest BCUT2D eigenvalue weighted by molar-refractivity contribution is 5.84. The average molecular weight is 441 g/mol. The first kappa shape index (κ1) is 24.1. The number of rotatable bonds is 8. The van der Waals surface area contributed by atoms with Crippen LogP contribution in [0, 0.1) is 23.2 Å². The lowest BCUT2D eigenvalue weighted by molar-refractivity contribution is -0.147. The Labute approximate surface area is 191 Å². The minimum atomic E-state index is -0.825. The summed E-state index contributed by atoms with van der Waals surface area (Å²) in [4.78, 5) is 28.3. The van der Waals surface area contributed by atoms with Crippen LogP contribution in [0.25, 0.3) is 0 Å². The van der Waals surface area contributed by atoms with E-state index in [1.165, 1.54) is 0 Å². The second kappa shape index (κ2) is 11.9. The fraction of sp³-hybridized carbons (Fsp3) is 0.640. The van der Waals surface area contributed by atoms with Crippen LogP contribution in [0.2, 0.25) is 0 Å². The van der Waals surface area contributed by atoms with Crippen LogP contribution in [0.5, 0.6) is 0 Å². The van der Waals surface area contributed by atoms with Crippen molar-refractivity contribution in [1.29, 1.82) is 5.26 Å². The Balaban J connectivity index is 1.71. The molecule has 0 aromatic heterocycles. The van der Waals surface area contributed by atoms with Crippen molar-refractivity contribution in [3.05, 3.63) is 35.9 Å². The van der Waals surface area contributed by atoms with Crippen LogP contribution in [0.1, 0.15) is 57.9 Å². The Morgan fingerprint density at radius 2 is 2.00 bits per heavy atom. The van der Waals surface area contributed by atoms with Crippen molar-refractivity contribution in [3.63, 3.8) is 0 Å². The second-order valence-corrected chi connectivity index (χ2v) is 9.40. The number of carbonyl (C=O) groups is 2. The topological polar surface area (TPSA) is 94.5 Å². The summed E-state index contributed by atoms with van der Waals surface area (Å²) < 4.78 is 5.70. The number of ether oxygens (including phenoxy) is 1. The van der Waals surface area contributed by atoms with Gasteiger partial charge in [-0.1, -0.05) is 50.6 Å². The number of nitrogens with zero attached hydrogens (tertiary/aromatic N) is 2. The maximum atomic E-state index is 13.8. The molecule has 1 saturated heterocycles. The highest BCUT2D eigenvalue weighted by Crippen LogP contribution is 2.31. The summed E-state index contributed by atoms with van der Waals surface area (Å²) in [6.45, 7) is 6.02. The Kier molecular flexibility index (Phi) is 8.92. The standard InChI is InChI=1S/C25H36N4O3/c1-18(2)13-23(32-25(31)28-16-19-7-4-3-5-8-19)24(30)29(22-11-12-27-17-22)21-10-6-9-20(14-21)15-26/h3-5,7-8,18,20-23,27H,6,9-14,16-17H2,1-2H3,(H,28,31). The Bertz CT molecular complexity index is 786. The molecule has 1 saturated carbocycles. The lowest BCUT2D eigenvalue weighted by Crippen LogP contribution is -2.54. The van der Waals surface area contributed by atoms with Gasteiger partial charge < -0.3 is 20.3 Å². The van der Waals surface area contributed by atoms with Gasteiger partial charge in [0.2, 0.25) is 0 Å². The van der Waals surface area contributed by atoms with E-state index in [9.17, 15) is 14.9 Å². The van der Waals surface area contributed by atoms with E-state index in [1.54, 1.807) is 0 Å². The maximum absolute atomic E-state index is 13.8. The van der Waals surface area contributed by atoms with Gasteiger partial charge in [0, 0.05) is 31.1 Å². The van der Waals surface area contributed by atoms with Gasteiger partial charge in [-0.3, -0.25) is 4.79 Å². The van der Waals surface area contributed by atoms with Gasteiger partial charge in [-0.15, -0.1) is 0 Å². The summed E-state index contributed by atoms with van der Waals surface area (Å²) in [5, 5.41) is 15.6. The number of hydrogen-bond acceptors (Lipinski definition) is 5. The van der Waals surface area contributed by atoms with Crippen molar-refractivity contribution in [2.45, 2.75) is 77.1 Å². The van der Waals surface area contributed by atoms with Crippen LogP contribution >= 0.6 is 0 Å². The van der Waals surface area contributed by atoms with E-state index < -0.39 is 12.2 Å². The first-order chi connectivity index (χ1) is 15.5. The van der Waals surface area contributed by atoms with Gasteiger partial charge in [-0.25, -0.2) is 4.79 Å². The second-order valence-electron chi connectivity index (χ2n) is 9.40. The van der Waals surface area contributed by atoms with Crippen LogP contribution in [0.15, 0.2) is 30.3 Å². The molecule has 7 heteroatoms. The summed E-state index contributed by atoms with van der Waals surface area (Å²) in [6, 6.07) is 12.1. The highest BCUT2D eigenvalue weighted by Gasteiger charge is 2.39. The first-order valence-electron chi connectivity index (χ1n) is 11.9. The summed E-state index contributed by atoms with van der Waals surface area (Å²) >= 11 is 0. The van der Waals surface area contributed by atoms with Crippen molar-refractivity contribution in [2.24, 2.45) is 11.8 Å². The lowest BCUT2D eigenvalue weighted by Gasteiger charge is -2.41. The van der Waals surface area contributed by atoms with Gasteiger partial charge in [-0.2, -0.15) is 5.26 Å². The molecule has 0 radical (unpaired) electrons. The van der Waals surface area contributed by atoms with Crippen LogP contribution < -0.4 is 10.6 Å². The smallest absolute Gasteiger partial charge is 0.408 e. The number of hydrogen-bond donors (Lipinski definition) is 2. The number of carbonyl (C=O) groups excluding carboxylic acids is 2. The number of alkyl carbamates (subject to hydrolysis) is 1. The van der Waals surface area contributed by atoms with Crippen molar-refractivity contribution in [3.8, 4) is 6.07 Å². The van der Waals surface area contributed by atoms with E-state index in [-0.39, 0.29) is 29.8 Å². The van der Waals surface area contributed by atoms with Crippen LogP contribution in [-0.4, -0.2) is 48.2 Å². The van der Waals surface area contributed by atoms with E-state index in [4.69, 9.17) is 4.74 Å². The fourth-order valence-corrected chi connectivity index (χ4v) is 4.80. The Hall–Kier alpha value is -2.59. The first-order valence-corrected chi connectivity index (χ1v) is 11.9. The third-order valence-corrected chi connectivity index (χ3v) is 6.39. The number of nitriles is 1. The molecule has 0 spiro atoms. The monoisotopic (exact) mass is 440 g/mol. The molecule has 7 nitrogen and oxygen atoms in total. The predicted molar refractivity (Wildman–Crippen MR) is 122 cm³/mol. The molecule has 2 aliphatic rings. The molecule has 1 aromatic rings. The minimum Gasteiger partial charge on any atom is -0.436 e. The van der Waals surface area contributed by atoms with E-state index in [0.717, 1.165) is 44.3 Å². The number of nitrogens with one attached hydrogen (secondary N) is 2. The molecular formula is C25H36N4O3. The lowest BCUT2D eigenvalue weighted by atomic mass is 9.84. The molecule has 3 rings (SSSR count). The van der Waals surface area contributed by atoms with E-state index in [2.05, 4.69) is 16.7 Å². The van der Waals surface area contributed by atoms with Gasteiger partial charge in [0.1, 0.15) is 0 Å². The summed E-state index contributed by atoms with van der Waals surface area (Å²) in [5.41, 5.74) is 0.972. The third kappa shape index (κ3) is 6.70. The van der Waals surface area contributed by atoms with Gasteiger partial charge in [0.15, 0.2) is 6.10 Å². The summed E-state index contributed by atoms with van der Waals surface area (Å²) in [6.07, 6.45) is 3.40. The molecule has 1 aliphatic heterocycles. The van der Waals surface area contributed by atoms with Gasteiger partial charge in [0.05, 0.1) is 6.07 Å². The third-order valence-electron chi connectivity index (χ3n) is 6.39. The average Bonchev–Trinajstić information content (AvgIpc) is 3.32. The molecule has 1 heterocycles. The van der Waals surface area contributed by atoms with Crippen LogP contribution in [0.4, 0.5) is 4.79 Å². The van der Waals surface area contributed by atoms with Gasteiger partial charge >= 0.3 is 6.09 Å². The molecule has 174 valence electrons. The van der Waals surface area contributed by atoms with Crippen LogP contribution in [-0.2, 0) is 16.1 Å². The highest BCUT2D eigenvalue weighted by atomic mass is 16.6. The van der Waals surface area contributed by atoms with Crippen molar-refractivity contribution >= 4 is 12.0 Å². The zero-order valence-electron chi connectivity index (χ0n) is 19.3. The number of amides is 2. The molecular weight excluding hydrogens is 404 g/mol. The zero-order chi connectivity index (χ0) is 22.9. The normalized spacial score (nSPS) is 23.9. The van der Waals surface area contributed by atoms with Gasteiger partial charge in [0.25, 0.3) is 5.91 Å². The quantitative estimate of drug-likeness (QED) is 0.644. The minimum absolute atomic E-state index is 0.0166. The molecule has 2 amide bonds. The predicted octanol–water partition coefficient (Wildman–Crippen LogP) is 3.60. The Morgan fingerprint density at radius 3 is 2.66 bits per heavy atom. The molecule has 1 aromatic carbocycles. The Morgan fingerprint density at radius 1 is 1.22 bits per heavy atom. The van der Waals surface area contributed by atoms with E-state index in [0.29, 0.717) is 19.4 Å². The molecule has 2 N–H and O–H groups in total. The zero-order valence-corrected chi connectivity index (χ0v) is 19.3. The summed E-state index contributed by atoms with van der Waals surface area (Å²) in [5.74, 6) is 0.0653. The number of benzene rings is 1. The molecule has 2 fully saturated rings. The molecule has 32 heavy (non-hydrogen) atoms. The molecule has 0 bridgehead atoms. The largest absolute Gasteiger partial charge is 0.436 e. The molecule has 4 atom stereocenters. The summed E-state index contributed by atoms with van der Waals surface area (Å²) in [7, 11) is 0. The van der Waals surface area contributed by atoms with E-state index >= 15 is 0 Å². The van der Waals surface area contributed by atoms with E-state index in [1.807, 2.05) is 49.1 Å².